The lowest BCUT2D eigenvalue weighted by molar-refractivity contribution is -0.142. The van der Waals surface area contributed by atoms with Gasteiger partial charge in [-0.15, -0.1) is 0 Å². The lowest BCUT2D eigenvalue weighted by Gasteiger charge is -2.37. The molecule has 21 heavy (non-hydrogen) atoms. The highest BCUT2D eigenvalue weighted by molar-refractivity contribution is 5.83. The van der Waals surface area contributed by atoms with Gasteiger partial charge in [-0.3, -0.25) is 4.79 Å². The maximum atomic E-state index is 12.1. The summed E-state index contributed by atoms with van der Waals surface area (Å²) in [6, 6.07) is -1.63. The Bertz CT molecular complexity index is 383. The van der Waals surface area contributed by atoms with Gasteiger partial charge in [0, 0.05) is 19.0 Å². The van der Waals surface area contributed by atoms with E-state index in [4.69, 9.17) is 10.2 Å². The Hall–Kier alpha value is -1.83. The molecule has 1 aliphatic carbocycles. The SMILES string of the molecule is COC(=O)CC[C@@H](NC(=O)N(CCO)C1CCC1)C(=O)O. The summed E-state index contributed by atoms with van der Waals surface area (Å²) in [6.07, 6.45) is 2.60. The lowest BCUT2D eigenvalue weighted by Crippen LogP contribution is -2.54. The van der Waals surface area contributed by atoms with Crippen molar-refractivity contribution in [2.24, 2.45) is 0 Å². The molecule has 2 amide bonds. The number of ether oxygens (including phenoxy) is 1. The van der Waals surface area contributed by atoms with Crippen LogP contribution in [0.4, 0.5) is 4.79 Å². The molecule has 1 fully saturated rings. The van der Waals surface area contributed by atoms with Gasteiger partial charge >= 0.3 is 18.0 Å². The zero-order valence-electron chi connectivity index (χ0n) is 12.1. The van der Waals surface area contributed by atoms with Crippen LogP contribution >= 0.6 is 0 Å². The van der Waals surface area contributed by atoms with Gasteiger partial charge in [-0.1, -0.05) is 0 Å². The summed E-state index contributed by atoms with van der Waals surface area (Å²) >= 11 is 0. The van der Waals surface area contributed by atoms with E-state index in [0.29, 0.717) is 0 Å². The second-order valence-electron chi connectivity index (χ2n) is 4.96. The zero-order chi connectivity index (χ0) is 15.8. The smallest absolute Gasteiger partial charge is 0.326 e. The molecule has 0 aromatic carbocycles. The van der Waals surface area contributed by atoms with E-state index in [1.807, 2.05) is 0 Å². The highest BCUT2D eigenvalue weighted by Gasteiger charge is 2.31. The Labute approximate surface area is 123 Å². The lowest BCUT2D eigenvalue weighted by atomic mass is 9.91. The molecule has 0 radical (unpaired) electrons. The number of hydrogen-bond acceptors (Lipinski definition) is 5. The number of amides is 2. The molecule has 0 unspecified atom stereocenters. The Morgan fingerprint density at radius 2 is 2.05 bits per heavy atom. The Morgan fingerprint density at radius 1 is 1.38 bits per heavy atom. The summed E-state index contributed by atoms with van der Waals surface area (Å²) in [5, 5.41) is 20.5. The Balaban J connectivity index is 2.56. The van der Waals surface area contributed by atoms with Gasteiger partial charge in [-0.2, -0.15) is 0 Å². The van der Waals surface area contributed by atoms with Crippen LogP contribution in [0.3, 0.4) is 0 Å². The number of nitrogens with zero attached hydrogens (tertiary/aromatic N) is 1. The van der Waals surface area contributed by atoms with Gasteiger partial charge in [0.25, 0.3) is 0 Å². The number of aliphatic hydroxyl groups excluding tert-OH is 1. The molecule has 1 rings (SSSR count). The van der Waals surface area contributed by atoms with Gasteiger partial charge in [0.15, 0.2) is 0 Å². The minimum Gasteiger partial charge on any atom is -0.480 e. The molecule has 0 aromatic rings. The quantitative estimate of drug-likeness (QED) is 0.541. The second kappa shape index (κ2) is 8.46. The van der Waals surface area contributed by atoms with E-state index < -0.39 is 24.0 Å². The summed E-state index contributed by atoms with van der Waals surface area (Å²) in [6.45, 7) is -0.0103. The summed E-state index contributed by atoms with van der Waals surface area (Å²) in [5.41, 5.74) is 0. The minimum absolute atomic E-state index is 0.0363. The topological polar surface area (TPSA) is 116 Å². The first-order valence-electron chi connectivity index (χ1n) is 6.97. The summed E-state index contributed by atoms with van der Waals surface area (Å²) < 4.78 is 4.45. The van der Waals surface area contributed by atoms with Crippen molar-refractivity contribution in [3.05, 3.63) is 0 Å². The fourth-order valence-electron chi connectivity index (χ4n) is 2.11. The summed E-state index contributed by atoms with van der Waals surface area (Å²) in [5.74, 6) is -1.73. The number of carboxylic acid groups (broad SMARTS) is 1. The number of esters is 1. The summed E-state index contributed by atoms with van der Waals surface area (Å²) in [4.78, 5) is 35.8. The number of aliphatic carboxylic acids is 1. The average molecular weight is 302 g/mol. The number of nitrogens with one attached hydrogen (secondary N) is 1. The predicted octanol–water partition coefficient (Wildman–Crippen LogP) is -0.0508. The van der Waals surface area contributed by atoms with Gasteiger partial charge in [-0.05, 0) is 25.7 Å². The molecule has 0 aromatic heterocycles. The molecule has 1 aliphatic rings. The van der Waals surface area contributed by atoms with E-state index in [1.165, 1.54) is 12.0 Å². The van der Waals surface area contributed by atoms with Crippen LogP contribution in [-0.4, -0.2) is 65.4 Å². The minimum atomic E-state index is -1.20. The van der Waals surface area contributed by atoms with Crippen molar-refractivity contribution < 1.29 is 29.3 Å². The van der Waals surface area contributed by atoms with E-state index in [9.17, 15) is 14.4 Å². The van der Waals surface area contributed by atoms with Gasteiger partial charge in [0.05, 0.1) is 13.7 Å². The standard InChI is InChI=1S/C13H22N2O6/c1-21-11(17)6-5-10(12(18)19)14-13(20)15(7-8-16)9-3-2-4-9/h9-10,16H,2-8H2,1H3,(H,14,20)(H,18,19)/t10-/m1/s1. The third-order valence-corrected chi connectivity index (χ3v) is 3.58. The molecule has 1 saturated carbocycles. The maximum absolute atomic E-state index is 12.1. The zero-order valence-corrected chi connectivity index (χ0v) is 12.1. The van der Waals surface area contributed by atoms with E-state index >= 15 is 0 Å². The Kier molecular flexibility index (Phi) is 6.93. The first-order valence-corrected chi connectivity index (χ1v) is 6.97. The molecule has 3 N–H and O–H groups in total. The number of carboxylic acids is 1. The van der Waals surface area contributed by atoms with Crippen molar-refractivity contribution in [3.8, 4) is 0 Å². The van der Waals surface area contributed by atoms with E-state index in [0.717, 1.165) is 19.3 Å². The van der Waals surface area contributed by atoms with Crippen LogP contribution in [-0.2, 0) is 14.3 Å². The van der Waals surface area contributed by atoms with Crippen molar-refractivity contribution >= 4 is 18.0 Å². The van der Waals surface area contributed by atoms with Crippen LogP contribution in [0.25, 0.3) is 0 Å². The maximum Gasteiger partial charge on any atom is 0.326 e. The fraction of sp³-hybridized carbons (Fsp3) is 0.769. The number of hydrogen-bond donors (Lipinski definition) is 3. The van der Waals surface area contributed by atoms with Gasteiger partial charge in [0.1, 0.15) is 6.04 Å². The molecule has 0 spiro atoms. The van der Waals surface area contributed by atoms with E-state index in [2.05, 4.69) is 10.1 Å². The number of carbonyl (C=O) groups excluding carboxylic acids is 2. The number of urea groups is 1. The molecular formula is C13H22N2O6. The number of methoxy groups -OCH3 is 1. The second-order valence-corrected chi connectivity index (χ2v) is 4.96. The third-order valence-electron chi connectivity index (χ3n) is 3.58. The normalized spacial score (nSPS) is 15.7. The molecule has 120 valence electrons. The number of aliphatic hydroxyl groups is 1. The third kappa shape index (κ3) is 5.22. The predicted molar refractivity (Wildman–Crippen MR) is 72.6 cm³/mol. The monoisotopic (exact) mass is 302 g/mol. The summed E-state index contributed by atoms with van der Waals surface area (Å²) in [7, 11) is 1.22. The van der Waals surface area contributed by atoms with Crippen LogP contribution in [0.5, 0.6) is 0 Å². The van der Waals surface area contributed by atoms with Crippen molar-refractivity contribution in [3.63, 3.8) is 0 Å². The number of carbonyl (C=O) groups is 3. The largest absolute Gasteiger partial charge is 0.480 e. The van der Waals surface area contributed by atoms with Crippen molar-refractivity contribution in [2.75, 3.05) is 20.3 Å². The molecule has 0 heterocycles. The molecule has 0 aliphatic heterocycles. The van der Waals surface area contributed by atoms with Crippen molar-refractivity contribution in [1.82, 2.24) is 10.2 Å². The van der Waals surface area contributed by atoms with Crippen LogP contribution in [0, 0.1) is 0 Å². The molecule has 8 heteroatoms. The van der Waals surface area contributed by atoms with Crippen LogP contribution in [0.1, 0.15) is 32.1 Å². The molecule has 1 atom stereocenters. The van der Waals surface area contributed by atoms with Crippen LogP contribution in [0.15, 0.2) is 0 Å². The van der Waals surface area contributed by atoms with E-state index in [-0.39, 0.29) is 32.0 Å². The fourth-order valence-corrected chi connectivity index (χ4v) is 2.11. The molecular weight excluding hydrogens is 280 g/mol. The Morgan fingerprint density at radius 3 is 2.48 bits per heavy atom. The molecule has 8 nitrogen and oxygen atoms in total. The molecule has 0 saturated heterocycles. The van der Waals surface area contributed by atoms with Gasteiger partial charge < -0.3 is 25.2 Å². The van der Waals surface area contributed by atoms with Crippen LogP contribution in [0.2, 0.25) is 0 Å². The van der Waals surface area contributed by atoms with Crippen molar-refractivity contribution in [2.45, 2.75) is 44.2 Å². The first kappa shape index (κ1) is 17.2. The van der Waals surface area contributed by atoms with Crippen molar-refractivity contribution in [1.29, 1.82) is 0 Å². The van der Waals surface area contributed by atoms with Crippen LogP contribution < -0.4 is 5.32 Å². The highest BCUT2D eigenvalue weighted by atomic mass is 16.5. The van der Waals surface area contributed by atoms with Gasteiger partial charge in [-0.25, -0.2) is 9.59 Å². The van der Waals surface area contributed by atoms with E-state index in [1.54, 1.807) is 0 Å². The molecule has 0 bridgehead atoms. The number of rotatable bonds is 8. The average Bonchev–Trinajstić information content (AvgIpc) is 2.39. The van der Waals surface area contributed by atoms with Gasteiger partial charge in [0.2, 0.25) is 0 Å². The highest BCUT2D eigenvalue weighted by Crippen LogP contribution is 2.24. The first-order chi connectivity index (χ1) is 9.99.